The average molecular weight is 353 g/mol. The zero-order chi connectivity index (χ0) is 18.0. The van der Waals surface area contributed by atoms with Gasteiger partial charge in [-0.15, -0.1) is 0 Å². The third-order valence-electron chi connectivity index (χ3n) is 5.34. The lowest BCUT2D eigenvalue weighted by atomic mass is 9.84. The lowest BCUT2D eigenvalue weighted by molar-refractivity contribution is 0.173. The second-order valence-electron chi connectivity index (χ2n) is 7.71. The smallest absolute Gasteiger partial charge is 0.231 e. The summed E-state index contributed by atoms with van der Waals surface area (Å²) in [6.07, 6.45) is 16.8. The molecule has 0 amide bonds. The summed E-state index contributed by atoms with van der Waals surface area (Å²) in [5.41, 5.74) is 1.01. The van der Waals surface area contributed by atoms with Crippen LogP contribution in [0.2, 0.25) is 0 Å². The van der Waals surface area contributed by atoms with Crippen LogP contribution >= 0.6 is 0 Å². The summed E-state index contributed by atoms with van der Waals surface area (Å²) in [7, 11) is 2.14. The summed E-state index contributed by atoms with van der Waals surface area (Å²) in [5, 5.41) is 0. The van der Waals surface area contributed by atoms with Crippen molar-refractivity contribution in [1.29, 1.82) is 0 Å². The highest BCUT2D eigenvalue weighted by molar-refractivity contribution is 5.57. The summed E-state index contributed by atoms with van der Waals surface area (Å²) in [6, 6.07) is 3.99. The summed E-state index contributed by atoms with van der Waals surface area (Å²) in [5.74, 6) is 3.46. The molecule has 0 bridgehead atoms. The highest BCUT2D eigenvalue weighted by Crippen LogP contribution is 2.47. The van der Waals surface area contributed by atoms with Gasteiger partial charge < -0.3 is 19.1 Å². The first-order valence-corrected chi connectivity index (χ1v) is 9.44. The number of allylic oxidation sites excluding steroid dienone is 4. The van der Waals surface area contributed by atoms with Crippen LogP contribution in [0.3, 0.4) is 0 Å². The molecule has 1 aromatic rings. The van der Waals surface area contributed by atoms with Gasteiger partial charge in [-0.3, -0.25) is 0 Å². The Morgan fingerprint density at radius 2 is 1.81 bits per heavy atom. The SMILES string of the molecule is CN(/C=C/C=C\C=C\C1(C)COc2cc3c(cc21)OCO3)CCC1CC1. The van der Waals surface area contributed by atoms with Crippen LogP contribution in [0.4, 0.5) is 0 Å². The minimum atomic E-state index is -0.147. The molecule has 1 saturated carbocycles. The Morgan fingerprint density at radius 3 is 2.62 bits per heavy atom. The standard InChI is InChI=1S/C22H27NO3/c1-22(10-5-3-4-6-11-23(2)12-9-17-7-8-17)15-24-19-14-21-20(13-18(19)22)25-16-26-21/h3-6,10-11,13-14,17H,7-9,12,15-16H2,1-2H3/b4-3-,10-5+,11-6+. The molecule has 0 aromatic heterocycles. The van der Waals surface area contributed by atoms with E-state index < -0.39 is 0 Å². The van der Waals surface area contributed by atoms with Crippen LogP contribution in [0.25, 0.3) is 0 Å². The minimum absolute atomic E-state index is 0.147. The average Bonchev–Trinajstić information content (AvgIpc) is 3.27. The highest BCUT2D eigenvalue weighted by Gasteiger charge is 2.36. The van der Waals surface area contributed by atoms with Gasteiger partial charge in [0.15, 0.2) is 11.5 Å². The fraction of sp³-hybridized carbons (Fsp3) is 0.455. The van der Waals surface area contributed by atoms with Crippen molar-refractivity contribution in [3.63, 3.8) is 0 Å². The van der Waals surface area contributed by atoms with E-state index in [0.717, 1.165) is 35.3 Å². The molecule has 1 unspecified atom stereocenters. The second kappa shape index (κ2) is 7.10. The van der Waals surface area contributed by atoms with E-state index in [9.17, 15) is 0 Å². The first kappa shape index (κ1) is 17.1. The molecule has 2 heterocycles. The third kappa shape index (κ3) is 3.74. The first-order valence-electron chi connectivity index (χ1n) is 9.44. The molecule has 0 radical (unpaired) electrons. The normalized spacial score (nSPS) is 23.9. The number of ether oxygens (including phenoxy) is 3. The van der Waals surface area contributed by atoms with Crippen LogP contribution in [0.15, 0.2) is 48.7 Å². The predicted molar refractivity (Wildman–Crippen MR) is 103 cm³/mol. The van der Waals surface area contributed by atoms with Gasteiger partial charge in [-0.1, -0.05) is 37.1 Å². The van der Waals surface area contributed by atoms with E-state index in [1.165, 1.54) is 19.3 Å². The molecule has 3 aliphatic rings. The van der Waals surface area contributed by atoms with E-state index in [4.69, 9.17) is 14.2 Å². The Kier molecular flexibility index (Phi) is 4.66. The minimum Gasteiger partial charge on any atom is -0.492 e. The molecule has 1 fully saturated rings. The summed E-state index contributed by atoms with van der Waals surface area (Å²) in [4.78, 5) is 2.26. The largest absolute Gasteiger partial charge is 0.492 e. The molecule has 2 aliphatic heterocycles. The van der Waals surface area contributed by atoms with Crippen LogP contribution in [-0.2, 0) is 5.41 Å². The molecule has 4 rings (SSSR count). The van der Waals surface area contributed by atoms with Crippen molar-refractivity contribution in [2.24, 2.45) is 5.92 Å². The van der Waals surface area contributed by atoms with Gasteiger partial charge in [0.25, 0.3) is 0 Å². The van der Waals surface area contributed by atoms with Gasteiger partial charge in [-0.25, -0.2) is 0 Å². The molecule has 4 nitrogen and oxygen atoms in total. The number of hydrogen-bond acceptors (Lipinski definition) is 4. The van der Waals surface area contributed by atoms with Crippen molar-refractivity contribution in [3.05, 3.63) is 54.3 Å². The molecule has 4 heteroatoms. The van der Waals surface area contributed by atoms with Crippen molar-refractivity contribution in [2.75, 3.05) is 27.0 Å². The second-order valence-corrected chi connectivity index (χ2v) is 7.71. The molecule has 1 aromatic carbocycles. The van der Waals surface area contributed by atoms with Gasteiger partial charge >= 0.3 is 0 Å². The van der Waals surface area contributed by atoms with Crippen molar-refractivity contribution < 1.29 is 14.2 Å². The van der Waals surface area contributed by atoms with Crippen LogP contribution < -0.4 is 14.2 Å². The van der Waals surface area contributed by atoms with Gasteiger partial charge in [-0.2, -0.15) is 0 Å². The van der Waals surface area contributed by atoms with E-state index in [1.54, 1.807) is 0 Å². The van der Waals surface area contributed by atoms with Crippen LogP contribution in [0.1, 0.15) is 31.7 Å². The highest BCUT2D eigenvalue weighted by atomic mass is 16.7. The summed E-state index contributed by atoms with van der Waals surface area (Å²) >= 11 is 0. The fourth-order valence-corrected chi connectivity index (χ4v) is 3.39. The number of nitrogens with zero attached hydrogens (tertiary/aromatic N) is 1. The Bertz CT molecular complexity index is 748. The molecule has 1 atom stereocenters. The molecule has 138 valence electrons. The van der Waals surface area contributed by atoms with Crippen molar-refractivity contribution in [3.8, 4) is 17.2 Å². The van der Waals surface area contributed by atoms with Gasteiger partial charge in [0.2, 0.25) is 6.79 Å². The maximum absolute atomic E-state index is 5.87. The van der Waals surface area contributed by atoms with Crippen LogP contribution in [-0.4, -0.2) is 31.9 Å². The Hall–Kier alpha value is -2.36. The van der Waals surface area contributed by atoms with Crippen molar-refractivity contribution >= 4 is 0 Å². The summed E-state index contributed by atoms with van der Waals surface area (Å²) in [6.45, 7) is 4.25. The van der Waals surface area contributed by atoms with Gasteiger partial charge in [0.1, 0.15) is 12.4 Å². The molecular formula is C22H27NO3. The molecule has 0 saturated heterocycles. The lowest BCUT2D eigenvalue weighted by Crippen LogP contribution is -2.20. The first-order chi connectivity index (χ1) is 12.6. The molecule has 0 spiro atoms. The maximum Gasteiger partial charge on any atom is 0.231 e. The zero-order valence-corrected chi connectivity index (χ0v) is 15.6. The monoisotopic (exact) mass is 353 g/mol. The Balaban J connectivity index is 1.34. The Morgan fingerprint density at radius 1 is 1.04 bits per heavy atom. The number of rotatable bonds is 7. The van der Waals surface area contributed by atoms with Crippen molar-refractivity contribution in [2.45, 2.75) is 31.6 Å². The maximum atomic E-state index is 5.87. The predicted octanol–water partition coefficient (Wildman–Crippen LogP) is 4.42. The topological polar surface area (TPSA) is 30.9 Å². The lowest BCUT2D eigenvalue weighted by Gasteiger charge is -2.17. The van der Waals surface area contributed by atoms with E-state index in [2.05, 4.69) is 55.5 Å². The quantitative estimate of drug-likeness (QED) is 0.679. The third-order valence-corrected chi connectivity index (χ3v) is 5.34. The van der Waals surface area contributed by atoms with Gasteiger partial charge in [-0.05, 0) is 37.6 Å². The van der Waals surface area contributed by atoms with E-state index >= 15 is 0 Å². The molecule has 1 aliphatic carbocycles. The zero-order valence-electron chi connectivity index (χ0n) is 15.6. The molecule has 0 N–H and O–H groups in total. The summed E-state index contributed by atoms with van der Waals surface area (Å²) < 4.78 is 16.8. The van der Waals surface area contributed by atoms with E-state index in [0.29, 0.717) is 6.61 Å². The van der Waals surface area contributed by atoms with E-state index in [1.807, 2.05) is 12.1 Å². The van der Waals surface area contributed by atoms with E-state index in [-0.39, 0.29) is 12.2 Å². The number of benzene rings is 1. The van der Waals surface area contributed by atoms with Crippen LogP contribution in [0, 0.1) is 5.92 Å². The molecular weight excluding hydrogens is 326 g/mol. The number of fused-ring (bicyclic) bond motifs is 2. The number of hydrogen-bond donors (Lipinski definition) is 0. The van der Waals surface area contributed by atoms with Gasteiger partial charge in [0, 0.05) is 30.6 Å². The van der Waals surface area contributed by atoms with Crippen LogP contribution in [0.5, 0.6) is 17.2 Å². The fourth-order valence-electron chi connectivity index (χ4n) is 3.39. The van der Waals surface area contributed by atoms with Crippen molar-refractivity contribution in [1.82, 2.24) is 4.90 Å². The molecule has 26 heavy (non-hydrogen) atoms. The Labute approximate surface area is 155 Å². The van der Waals surface area contributed by atoms with Gasteiger partial charge in [0.05, 0.1) is 0 Å².